The molecule has 5 heteroatoms. The molecule has 0 unspecified atom stereocenters. The van der Waals surface area contributed by atoms with Crippen molar-refractivity contribution in [1.82, 2.24) is 5.32 Å². The smallest absolute Gasteiger partial charge is 0.251 e. The Morgan fingerprint density at radius 3 is 2.09 bits per heavy atom. The van der Waals surface area contributed by atoms with Crippen LogP contribution >= 0.6 is 0 Å². The molecule has 1 aromatic rings. The van der Waals surface area contributed by atoms with E-state index in [1.54, 1.807) is 0 Å². The van der Waals surface area contributed by atoms with Crippen molar-refractivity contribution in [3.63, 3.8) is 0 Å². The summed E-state index contributed by atoms with van der Waals surface area (Å²) in [4.78, 5) is 11.8. The first-order valence-electron chi connectivity index (χ1n) is 8.48. The highest BCUT2D eigenvalue weighted by atomic mass is 16.3. The highest BCUT2D eigenvalue weighted by Gasteiger charge is 2.14. The molecule has 3 N–H and O–H groups in total. The number of benzene rings is 1. The monoisotopic (exact) mass is 327 g/mol. The van der Waals surface area contributed by atoms with Gasteiger partial charge in [0.15, 0.2) is 11.5 Å². The summed E-state index contributed by atoms with van der Waals surface area (Å²) in [5.41, 5.74) is 0.344. The van der Waals surface area contributed by atoms with E-state index >= 15 is 0 Å². The minimum atomic E-state index is -0.283. The molecule has 0 spiro atoms. The Hall–Kier alpha value is -1.75. The van der Waals surface area contributed by atoms with Crippen LogP contribution in [0.25, 0.3) is 0 Å². The van der Waals surface area contributed by atoms with Crippen LogP contribution in [0.3, 0.4) is 0 Å². The molecule has 0 saturated carbocycles. The summed E-state index contributed by atoms with van der Waals surface area (Å²) in [6.07, 6.45) is 1.10. The molecule has 0 heterocycles. The molecule has 0 aliphatic heterocycles. The van der Waals surface area contributed by atoms with Crippen LogP contribution in [0, 0.1) is 0 Å². The van der Waals surface area contributed by atoms with E-state index in [2.05, 4.69) is 26.3 Å². The van der Waals surface area contributed by atoms with Crippen molar-refractivity contribution in [2.24, 2.45) is 0 Å². The zero-order chi connectivity index (χ0) is 18.5. The lowest BCUT2D eigenvalue weighted by molar-refractivity contribution is -0.889. The predicted octanol–water partition coefficient (Wildman–Crippen LogP) is 3.37. The van der Waals surface area contributed by atoms with Crippen LogP contribution in [-0.4, -0.2) is 54.3 Å². The van der Waals surface area contributed by atoms with E-state index in [1.165, 1.54) is 18.2 Å². The zero-order valence-corrected chi connectivity index (χ0v) is 15.8. The number of carbonyl (C=O) groups excluding carboxylic acids is 1. The molecule has 1 aromatic carbocycles. The van der Waals surface area contributed by atoms with E-state index in [0.717, 1.165) is 24.0 Å². The SMILES string of the molecule is CC.CC.CCC[N+](C)(C)CCNC(=O)c1ccc(O)c(O)c1. The lowest BCUT2D eigenvalue weighted by Gasteiger charge is -2.29. The van der Waals surface area contributed by atoms with Crippen molar-refractivity contribution in [3.05, 3.63) is 23.8 Å². The fourth-order valence-electron chi connectivity index (χ4n) is 1.96. The van der Waals surface area contributed by atoms with Gasteiger partial charge in [0.2, 0.25) is 0 Å². The van der Waals surface area contributed by atoms with Crippen LogP contribution in [0.4, 0.5) is 0 Å². The van der Waals surface area contributed by atoms with Gasteiger partial charge in [-0.1, -0.05) is 34.6 Å². The normalized spacial score (nSPS) is 9.87. The van der Waals surface area contributed by atoms with Crippen LogP contribution in [-0.2, 0) is 0 Å². The highest BCUT2D eigenvalue weighted by molar-refractivity contribution is 5.94. The molecule has 1 amide bonds. The molecule has 0 saturated heterocycles. The Bertz CT molecular complexity index is 446. The van der Waals surface area contributed by atoms with E-state index in [1.807, 2.05) is 27.7 Å². The first-order chi connectivity index (χ1) is 10.9. The molecular formula is C18H35N2O3+. The van der Waals surface area contributed by atoms with Crippen LogP contribution in [0.15, 0.2) is 18.2 Å². The van der Waals surface area contributed by atoms with Crippen molar-refractivity contribution in [1.29, 1.82) is 0 Å². The average Bonchev–Trinajstić information content (AvgIpc) is 2.53. The second kappa shape index (κ2) is 12.8. The standard InChI is InChI=1S/C14H22N2O3.2C2H6/c1-4-8-16(2,3)9-7-15-14(19)11-5-6-12(17)13(18)10-11;2*1-2/h5-6,10H,4,7-9H2,1-3H3,(H2-,15,17,18,19);2*1-2H3/p+1. The Morgan fingerprint density at radius 2 is 1.61 bits per heavy atom. The van der Waals surface area contributed by atoms with Gasteiger partial charge in [0, 0.05) is 5.56 Å². The van der Waals surface area contributed by atoms with Crippen LogP contribution < -0.4 is 5.32 Å². The number of quaternary nitrogens is 1. The minimum Gasteiger partial charge on any atom is -0.504 e. The summed E-state index contributed by atoms with van der Waals surface area (Å²) in [5, 5.41) is 21.3. The number of carbonyl (C=O) groups is 1. The number of phenols is 2. The number of hydrogen-bond donors (Lipinski definition) is 3. The third kappa shape index (κ3) is 9.79. The number of likely N-dealkylation sites (N-methyl/N-ethyl adjacent to an activating group) is 1. The number of rotatable bonds is 6. The summed E-state index contributed by atoms with van der Waals surface area (Å²) < 4.78 is 0.859. The Balaban J connectivity index is 0. The second-order valence-electron chi connectivity index (χ2n) is 5.34. The van der Waals surface area contributed by atoms with E-state index in [-0.39, 0.29) is 17.4 Å². The van der Waals surface area contributed by atoms with Crippen molar-refractivity contribution < 1.29 is 19.5 Å². The molecule has 0 fully saturated rings. The number of hydrogen-bond acceptors (Lipinski definition) is 3. The summed E-state index contributed by atoms with van der Waals surface area (Å²) in [5.74, 6) is -0.751. The number of nitrogens with zero attached hydrogens (tertiary/aromatic N) is 1. The van der Waals surface area contributed by atoms with Crippen LogP contribution in [0.1, 0.15) is 51.4 Å². The van der Waals surface area contributed by atoms with E-state index in [9.17, 15) is 15.0 Å². The van der Waals surface area contributed by atoms with Gasteiger partial charge < -0.3 is 20.0 Å². The molecule has 134 valence electrons. The van der Waals surface area contributed by atoms with Gasteiger partial charge in [-0.15, -0.1) is 0 Å². The number of aromatic hydroxyl groups is 2. The van der Waals surface area contributed by atoms with Gasteiger partial charge in [0.25, 0.3) is 5.91 Å². The van der Waals surface area contributed by atoms with Gasteiger partial charge in [-0.3, -0.25) is 4.79 Å². The number of phenolic OH excluding ortho intramolecular Hbond substituents is 2. The molecule has 5 nitrogen and oxygen atoms in total. The minimum absolute atomic E-state index is 0.225. The topological polar surface area (TPSA) is 69.6 Å². The maximum Gasteiger partial charge on any atom is 0.251 e. The third-order valence-electron chi connectivity index (χ3n) is 3.07. The van der Waals surface area contributed by atoms with Crippen molar-refractivity contribution in [3.8, 4) is 11.5 Å². The maximum absolute atomic E-state index is 11.8. The quantitative estimate of drug-likeness (QED) is 0.554. The van der Waals surface area contributed by atoms with Crippen LogP contribution in [0.5, 0.6) is 11.5 Å². The lowest BCUT2D eigenvalue weighted by atomic mass is 10.2. The molecule has 0 radical (unpaired) electrons. The zero-order valence-electron chi connectivity index (χ0n) is 15.8. The summed E-state index contributed by atoms with van der Waals surface area (Å²) >= 11 is 0. The molecule has 0 aromatic heterocycles. The lowest BCUT2D eigenvalue weighted by Crippen LogP contribution is -2.45. The molecule has 0 atom stereocenters. The van der Waals surface area contributed by atoms with Gasteiger partial charge in [0.1, 0.15) is 0 Å². The van der Waals surface area contributed by atoms with Crippen molar-refractivity contribution in [2.75, 3.05) is 33.7 Å². The first kappa shape index (κ1) is 23.5. The van der Waals surface area contributed by atoms with E-state index in [4.69, 9.17) is 0 Å². The van der Waals surface area contributed by atoms with Gasteiger partial charge in [-0.25, -0.2) is 0 Å². The predicted molar refractivity (Wildman–Crippen MR) is 96.9 cm³/mol. The Kier molecular flexibility index (Phi) is 13.0. The Labute approximate surface area is 141 Å². The second-order valence-corrected chi connectivity index (χ2v) is 5.34. The maximum atomic E-state index is 11.8. The van der Waals surface area contributed by atoms with Gasteiger partial charge in [0.05, 0.1) is 33.7 Å². The molecule has 0 bridgehead atoms. The largest absolute Gasteiger partial charge is 0.504 e. The average molecular weight is 327 g/mol. The van der Waals surface area contributed by atoms with Gasteiger partial charge in [-0.05, 0) is 24.6 Å². The van der Waals surface area contributed by atoms with Crippen molar-refractivity contribution >= 4 is 5.91 Å². The molecule has 1 rings (SSSR count). The first-order valence-corrected chi connectivity index (χ1v) is 8.48. The van der Waals surface area contributed by atoms with E-state index in [0.29, 0.717) is 12.1 Å². The van der Waals surface area contributed by atoms with Gasteiger partial charge in [-0.2, -0.15) is 0 Å². The third-order valence-corrected chi connectivity index (χ3v) is 3.07. The highest BCUT2D eigenvalue weighted by Crippen LogP contribution is 2.24. The molecule has 23 heavy (non-hydrogen) atoms. The molecular weight excluding hydrogens is 292 g/mol. The Morgan fingerprint density at radius 1 is 1.04 bits per heavy atom. The fraction of sp³-hybridized carbons (Fsp3) is 0.611. The summed E-state index contributed by atoms with van der Waals surface area (Å²) in [6.45, 7) is 12.6. The van der Waals surface area contributed by atoms with Crippen molar-refractivity contribution in [2.45, 2.75) is 41.0 Å². The number of nitrogens with one attached hydrogen (secondary N) is 1. The molecule has 0 aliphatic carbocycles. The van der Waals surface area contributed by atoms with E-state index < -0.39 is 0 Å². The fourth-order valence-corrected chi connectivity index (χ4v) is 1.96. The summed E-state index contributed by atoms with van der Waals surface area (Å²) in [6, 6.07) is 4.05. The number of amides is 1. The summed E-state index contributed by atoms with van der Waals surface area (Å²) in [7, 11) is 4.25. The molecule has 0 aliphatic rings. The van der Waals surface area contributed by atoms with Crippen LogP contribution in [0.2, 0.25) is 0 Å². The van der Waals surface area contributed by atoms with Gasteiger partial charge >= 0.3 is 0 Å².